The summed E-state index contributed by atoms with van der Waals surface area (Å²) in [6, 6.07) is 3.72. The van der Waals surface area contributed by atoms with E-state index in [0.29, 0.717) is 34.3 Å². The predicted molar refractivity (Wildman–Crippen MR) is 111 cm³/mol. The first-order chi connectivity index (χ1) is 13.4. The molecular formula is C21H22N4O2S. The van der Waals surface area contributed by atoms with Crippen LogP contribution in [0.15, 0.2) is 58.4 Å². The smallest absolute Gasteiger partial charge is 0.257 e. The summed E-state index contributed by atoms with van der Waals surface area (Å²) in [5, 5.41) is 3.85. The van der Waals surface area contributed by atoms with Crippen molar-refractivity contribution in [2.45, 2.75) is 37.8 Å². The lowest BCUT2D eigenvalue weighted by atomic mass is 9.69. The minimum absolute atomic E-state index is 0.0794. The number of thioether (sulfide) groups is 1. The van der Waals surface area contributed by atoms with Crippen LogP contribution in [0, 0.1) is 5.41 Å². The molecule has 2 aromatic heterocycles. The van der Waals surface area contributed by atoms with Gasteiger partial charge in [0.15, 0.2) is 10.9 Å². The normalized spacial score (nSPS) is 20.2. The molecule has 0 aromatic carbocycles. The molecule has 0 fully saturated rings. The molecule has 4 rings (SSSR count). The summed E-state index contributed by atoms with van der Waals surface area (Å²) < 4.78 is 0. The Balaban J connectivity index is 1.92. The molecule has 0 radical (unpaired) electrons. The molecule has 3 heterocycles. The van der Waals surface area contributed by atoms with E-state index in [1.54, 1.807) is 18.5 Å². The molecule has 0 unspecified atom stereocenters. The molecule has 28 heavy (non-hydrogen) atoms. The number of fused-ring (bicyclic) bond motifs is 1. The number of Topliss-reactive ketones (excluding diaryl/α,β-unsaturated/α-hetero) is 1. The van der Waals surface area contributed by atoms with Crippen LogP contribution < -0.4 is 10.9 Å². The Bertz CT molecular complexity index is 1040. The summed E-state index contributed by atoms with van der Waals surface area (Å²) in [4.78, 5) is 37.7. The van der Waals surface area contributed by atoms with Crippen molar-refractivity contribution in [3.8, 4) is 0 Å². The number of aromatic amines is 1. The molecule has 1 atom stereocenters. The second kappa shape index (κ2) is 7.05. The van der Waals surface area contributed by atoms with Crippen molar-refractivity contribution in [2.24, 2.45) is 5.41 Å². The number of carbonyl (C=O) groups is 1. The molecule has 0 bridgehead atoms. The van der Waals surface area contributed by atoms with E-state index in [0.717, 1.165) is 17.7 Å². The van der Waals surface area contributed by atoms with Gasteiger partial charge in [-0.1, -0.05) is 31.7 Å². The summed E-state index contributed by atoms with van der Waals surface area (Å²) in [6.07, 6.45) is 6.33. The number of ketones is 1. The van der Waals surface area contributed by atoms with E-state index < -0.39 is 5.92 Å². The Morgan fingerprint density at radius 2 is 2.04 bits per heavy atom. The fourth-order valence-electron chi connectivity index (χ4n) is 3.99. The fourth-order valence-corrected chi connectivity index (χ4v) is 4.59. The van der Waals surface area contributed by atoms with Gasteiger partial charge in [-0.15, -0.1) is 6.58 Å². The first-order valence-electron chi connectivity index (χ1n) is 9.21. The van der Waals surface area contributed by atoms with E-state index in [1.807, 2.05) is 12.1 Å². The van der Waals surface area contributed by atoms with Crippen molar-refractivity contribution in [2.75, 3.05) is 11.1 Å². The van der Waals surface area contributed by atoms with E-state index in [4.69, 9.17) is 0 Å². The largest absolute Gasteiger partial charge is 0.343 e. The Morgan fingerprint density at radius 3 is 2.75 bits per heavy atom. The predicted octanol–water partition coefficient (Wildman–Crippen LogP) is 3.64. The van der Waals surface area contributed by atoms with E-state index in [2.05, 4.69) is 40.7 Å². The van der Waals surface area contributed by atoms with Gasteiger partial charge in [0.05, 0.1) is 5.56 Å². The summed E-state index contributed by atoms with van der Waals surface area (Å²) in [6.45, 7) is 7.88. The van der Waals surface area contributed by atoms with Gasteiger partial charge in [0.1, 0.15) is 5.82 Å². The highest BCUT2D eigenvalue weighted by Crippen LogP contribution is 2.47. The highest BCUT2D eigenvalue weighted by Gasteiger charge is 2.42. The maximum atomic E-state index is 13.1. The van der Waals surface area contributed by atoms with Gasteiger partial charge < -0.3 is 10.3 Å². The third-order valence-corrected chi connectivity index (χ3v) is 5.95. The number of hydrogen-bond donors (Lipinski definition) is 2. The summed E-state index contributed by atoms with van der Waals surface area (Å²) in [7, 11) is 0. The lowest BCUT2D eigenvalue weighted by molar-refractivity contribution is -0.118. The van der Waals surface area contributed by atoms with Crippen LogP contribution in [0.1, 0.15) is 43.7 Å². The van der Waals surface area contributed by atoms with E-state index >= 15 is 0 Å². The highest BCUT2D eigenvalue weighted by atomic mass is 32.2. The van der Waals surface area contributed by atoms with Gasteiger partial charge in [-0.25, -0.2) is 4.98 Å². The molecule has 0 saturated carbocycles. The minimum Gasteiger partial charge on any atom is -0.343 e. The van der Waals surface area contributed by atoms with Crippen LogP contribution in [0.4, 0.5) is 5.82 Å². The van der Waals surface area contributed by atoms with E-state index in [1.165, 1.54) is 11.8 Å². The van der Waals surface area contributed by atoms with Crippen LogP contribution in [0.3, 0.4) is 0 Å². The second-order valence-corrected chi connectivity index (χ2v) is 8.91. The first kappa shape index (κ1) is 18.7. The molecule has 2 aromatic rings. The van der Waals surface area contributed by atoms with E-state index in [-0.39, 0.29) is 16.8 Å². The number of nitrogens with one attached hydrogen (secondary N) is 2. The van der Waals surface area contributed by atoms with E-state index in [9.17, 15) is 9.59 Å². The zero-order valence-electron chi connectivity index (χ0n) is 15.9. The van der Waals surface area contributed by atoms with Gasteiger partial charge >= 0.3 is 0 Å². The minimum atomic E-state index is -0.437. The quantitative estimate of drug-likeness (QED) is 0.468. The molecule has 2 aliphatic rings. The Hall–Kier alpha value is -2.67. The number of anilines is 1. The fraction of sp³-hybridized carbons (Fsp3) is 0.333. The topological polar surface area (TPSA) is 87.7 Å². The maximum Gasteiger partial charge on any atom is 0.257 e. The van der Waals surface area contributed by atoms with Crippen molar-refractivity contribution in [1.29, 1.82) is 0 Å². The molecule has 6 nitrogen and oxygen atoms in total. The zero-order chi connectivity index (χ0) is 19.9. The molecule has 1 aliphatic carbocycles. The monoisotopic (exact) mass is 394 g/mol. The lowest BCUT2D eigenvalue weighted by Gasteiger charge is -2.38. The standard InChI is InChI=1S/C21H22N4O2S/c1-4-9-28-20-24-18-17(19(27)25-20)15(12-5-7-22-8-6-12)16-13(23-18)10-21(2,3)11-14(16)26/h4-8,15H,1,9-11H2,2-3H3,(H2,23,24,25,27)/t15-/m0/s1. The van der Waals surface area contributed by atoms with Crippen molar-refractivity contribution >= 4 is 23.4 Å². The van der Waals surface area contributed by atoms with Crippen molar-refractivity contribution < 1.29 is 4.79 Å². The van der Waals surface area contributed by atoms with Crippen molar-refractivity contribution in [3.63, 3.8) is 0 Å². The molecular weight excluding hydrogens is 372 g/mol. The van der Waals surface area contributed by atoms with Gasteiger partial charge in [-0.05, 0) is 29.5 Å². The van der Waals surface area contributed by atoms with Crippen LogP contribution >= 0.6 is 11.8 Å². The summed E-state index contributed by atoms with van der Waals surface area (Å²) >= 11 is 1.42. The number of pyridine rings is 1. The van der Waals surface area contributed by atoms with Gasteiger partial charge in [-0.3, -0.25) is 14.6 Å². The van der Waals surface area contributed by atoms with Gasteiger partial charge in [0.25, 0.3) is 5.56 Å². The molecule has 144 valence electrons. The number of rotatable bonds is 4. The van der Waals surface area contributed by atoms with Crippen molar-refractivity contribution in [1.82, 2.24) is 15.0 Å². The molecule has 0 spiro atoms. The molecule has 7 heteroatoms. The number of aromatic nitrogens is 3. The number of hydrogen-bond acceptors (Lipinski definition) is 6. The first-order valence-corrected chi connectivity index (χ1v) is 10.2. The van der Waals surface area contributed by atoms with Gasteiger partial charge in [0.2, 0.25) is 0 Å². The average molecular weight is 395 g/mol. The Morgan fingerprint density at radius 1 is 1.29 bits per heavy atom. The number of H-pyrrole nitrogens is 1. The lowest BCUT2D eigenvalue weighted by Crippen LogP contribution is -2.37. The zero-order valence-corrected chi connectivity index (χ0v) is 16.7. The average Bonchev–Trinajstić information content (AvgIpc) is 2.64. The number of allylic oxidation sites excluding steroid dienone is 2. The number of carbonyl (C=O) groups excluding carboxylic acids is 1. The van der Waals surface area contributed by atoms with Crippen molar-refractivity contribution in [3.05, 3.63) is 69.9 Å². The van der Waals surface area contributed by atoms with Crippen LogP contribution in [-0.4, -0.2) is 26.5 Å². The Labute approximate surface area is 167 Å². The third kappa shape index (κ3) is 3.30. The summed E-state index contributed by atoms with van der Waals surface area (Å²) in [5.74, 6) is 0.819. The van der Waals surface area contributed by atoms with Gasteiger partial charge in [0, 0.05) is 41.8 Å². The van der Waals surface area contributed by atoms with Crippen LogP contribution in [0.25, 0.3) is 0 Å². The number of nitrogens with zero attached hydrogens (tertiary/aromatic N) is 2. The van der Waals surface area contributed by atoms with Crippen LogP contribution in [0.2, 0.25) is 0 Å². The highest BCUT2D eigenvalue weighted by molar-refractivity contribution is 7.99. The van der Waals surface area contributed by atoms with Crippen LogP contribution in [0.5, 0.6) is 0 Å². The van der Waals surface area contributed by atoms with Gasteiger partial charge in [-0.2, -0.15) is 0 Å². The maximum absolute atomic E-state index is 13.1. The second-order valence-electron chi connectivity index (χ2n) is 7.90. The molecule has 1 aliphatic heterocycles. The van der Waals surface area contributed by atoms with Crippen LogP contribution in [-0.2, 0) is 4.79 Å². The molecule has 2 N–H and O–H groups in total. The third-order valence-electron chi connectivity index (χ3n) is 5.08. The molecule has 0 saturated heterocycles. The SMILES string of the molecule is C=CCSc1nc2c(c(=O)[nH]1)[C@@H](c1ccncc1)C1=C(CC(C)(C)CC1=O)N2. The molecule has 0 amide bonds. The Kier molecular flexibility index (Phi) is 4.71. The summed E-state index contributed by atoms with van der Waals surface area (Å²) in [5.41, 5.74) is 2.54.